The van der Waals surface area contributed by atoms with E-state index in [9.17, 15) is 9.59 Å². The second-order valence-corrected chi connectivity index (χ2v) is 7.35. The predicted octanol–water partition coefficient (Wildman–Crippen LogP) is 2.83. The summed E-state index contributed by atoms with van der Waals surface area (Å²) >= 11 is 0. The molecule has 1 amide bonds. The summed E-state index contributed by atoms with van der Waals surface area (Å²) in [6.45, 7) is 2.10. The highest BCUT2D eigenvalue weighted by molar-refractivity contribution is 5.94. The summed E-state index contributed by atoms with van der Waals surface area (Å²) in [5.41, 5.74) is 4.86. The van der Waals surface area contributed by atoms with Crippen molar-refractivity contribution in [2.75, 3.05) is 5.32 Å². The highest BCUT2D eigenvalue weighted by Crippen LogP contribution is 2.38. The molecule has 0 aliphatic heterocycles. The molecule has 2 aliphatic carbocycles. The number of benzene rings is 1. The Morgan fingerprint density at radius 2 is 2.04 bits per heavy atom. The van der Waals surface area contributed by atoms with Gasteiger partial charge in [-0.25, -0.2) is 5.10 Å². The quantitative estimate of drug-likeness (QED) is 0.901. The van der Waals surface area contributed by atoms with Crippen molar-refractivity contribution in [3.8, 4) is 0 Å². The fourth-order valence-corrected chi connectivity index (χ4v) is 3.75. The molecule has 5 heteroatoms. The second kappa shape index (κ2) is 6.47. The Morgan fingerprint density at radius 1 is 1.28 bits per heavy atom. The zero-order valence-electron chi connectivity index (χ0n) is 14.5. The van der Waals surface area contributed by atoms with E-state index in [1.54, 1.807) is 0 Å². The van der Waals surface area contributed by atoms with Crippen molar-refractivity contribution >= 4 is 11.6 Å². The average Bonchev–Trinajstić information content (AvgIpc) is 3.35. The lowest BCUT2D eigenvalue weighted by Gasteiger charge is -2.17. The Balaban J connectivity index is 1.54. The maximum absolute atomic E-state index is 12.1. The Hall–Kier alpha value is -2.43. The van der Waals surface area contributed by atoms with Crippen molar-refractivity contribution < 1.29 is 4.79 Å². The van der Waals surface area contributed by atoms with Crippen molar-refractivity contribution in [1.29, 1.82) is 0 Å². The van der Waals surface area contributed by atoms with Gasteiger partial charge in [0, 0.05) is 23.6 Å². The predicted molar refractivity (Wildman–Crippen MR) is 96.6 cm³/mol. The number of H-pyrrole nitrogens is 1. The third-order valence-corrected chi connectivity index (χ3v) is 5.40. The van der Waals surface area contributed by atoms with Crippen LogP contribution in [0.1, 0.15) is 48.6 Å². The van der Waals surface area contributed by atoms with Crippen LogP contribution in [-0.2, 0) is 24.1 Å². The van der Waals surface area contributed by atoms with Gasteiger partial charge in [-0.15, -0.1) is 0 Å². The van der Waals surface area contributed by atoms with E-state index in [0.29, 0.717) is 12.3 Å². The van der Waals surface area contributed by atoms with Gasteiger partial charge >= 0.3 is 0 Å². The number of hydrogen-bond acceptors (Lipinski definition) is 3. The molecule has 1 aromatic heterocycles. The van der Waals surface area contributed by atoms with Gasteiger partial charge in [0.1, 0.15) is 0 Å². The normalized spacial score (nSPS) is 21.5. The molecule has 0 spiro atoms. The number of aromatic amines is 1. The van der Waals surface area contributed by atoms with Crippen molar-refractivity contribution in [2.45, 2.75) is 45.4 Å². The summed E-state index contributed by atoms with van der Waals surface area (Å²) in [4.78, 5) is 24.1. The smallest absolute Gasteiger partial charge is 0.267 e. The zero-order valence-corrected chi connectivity index (χ0v) is 14.5. The summed E-state index contributed by atoms with van der Waals surface area (Å²) in [6.07, 6.45) is 5.61. The summed E-state index contributed by atoms with van der Waals surface area (Å²) in [7, 11) is 0. The van der Waals surface area contributed by atoms with E-state index >= 15 is 0 Å². The van der Waals surface area contributed by atoms with Gasteiger partial charge in [-0.05, 0) is 61.3 Å². The third-order valence-electron chi connectivity index (χ3n) is 5.40. The minimum atomic E-state index is -0.0435. The topological polar surface area (TPSA) is 74.8 Å². The van der Waals surface area contributed by atoms with Crippen LogP contribution in [-0.4, -0.2) is 16.1 Å². The van der Waals surface area contributed by atoms with Gasteiger partial charge in [0.05, 0.1) is 5.69 Å². The number of carbonyl (C=O) groups excluding carboxylic acids is 1. The summed E-state index contributed by atoms with van der Waals surface area (Å²) in [6, 6.07) is 7.92. The molecule has 25 heavy (non-hydrogen) atoms. The van der Waals surface area contributed by atoms with Gasteiger partial charge in [-0.1, -0.05) is 19.1 Å². The molecule has 0 bridgehead atoms. The fraction of sp³-hybridized carbons (Fsp3) is 0.450. The monoisotopic (exact) mass is 337 g/mol. The lowest BCUT2D eigenvalue weighted by atomic mass is 9.90. The van der Waals surface area contributed by atoms with Gasteiger partial charge in [0.15, 0.2) is 0 Å². The Morgan fingerprint density at radius 3 is 2.80 bits per heavy atom. The number of carbonyl (C=O) groups is 1. The number of aromatic nitrogens is 2. The molecule has 0 saturated heterocycles. The summed E-state index contributed by atoms with van der Waals surface area (Å²) in [5, 5.41) is 9.96. The van der Waals surface area contributed by atoms with E-state index in [0.717, 1.165) is 60.2 Å². The molecule has 1 aromatic carbocycles. The van der Waals surface area contributed by atoms with Crippen molar-refractivity contribution in [3.63, 3.8) is 0 Å². The standard InChI is InChI=1S/C20H23N3O2/c1-12-9-17(12)19(24)21-14-6-4-5-13(10-14)11-18-15-7-2-3-8-16(15)20(25)23-22-18/h4-6,10,12,17H,2-3,7-9,11H2,1H3,(H,21,24)(H,23,25). The minimum Gasteiger partial charge on any atom is -0.326 e. The molecule has 2 unspecified atom stereocenters. The molecular formula is C20H23N3O2. The van der Waals surface area contributed by atoms with E-state index in [1.165, 1.54) is 0 Å². The van der Waals surface area contributed by atoms with Crippen LogP contribution in [0.15, 0.2) is 29.1 Å². The van der Waals surface area contributed by atoms with Crippen molar-refractivity contribution in [1.82, 2.24) is 10.2 Å². The Labute approximate surface area is 146 Å². The number of amides is 1. The van der Waals surface area contributed by atoms with Gasteiger partial charge < -0.3 is 5.32 Å². The fourth-order valence-electron chi connectivity index (χ4n) is 3.75. The number of rotatable bonds is 4. The van der Waals surface area contributed by atoms with Crippen molar-refractivity contribution in [2.24, 2.45) is 11.8 Å². The van der Waals surface area contributed by atoms with E-state index in [4.69, 9.17) is 0 Å². The first kappa shape index (κ1) is 16.1. The van der Waals surface area contributed by atoms with Crippen LogP contribution in [0.2, 0.25) is 0 Å². The zero-order chi connectivity index (χ0) is 17.4. The first-order chi connectivity index (χ1) is 12.1. The molecule has 2 aromatic rings. The van der Waals surface area contributed by atoms with Crippen LogP contribution in [0.3, 0.4) is 0 Å². The number of hydrogen-bond donors (Lipinski definition) is 2. The first-order valence-electron chi connectivity index (χ1n) is 9.11. The van der Waals surface area contributed by atoms with Crippen molar-refractivity contribution in [3.05, 3.63) is 57.0 Å². The van der Waals surface area contributed by atoms with Crippen LogP contribution in [0.4, 0.5) is 5.69 Å². The molecular weight excluding hydrogens is 314 g/mol. The summed E-state index contributed by atoms with van der Waals surface area (Å²) < 4.78 is 0. The lowest BCUT2D eigenvalue weighted by Crippen LogP contribution is -2.23. The van der Waals surface area contributed by atoms with Crippen LogP contribution in [0.25, 0.3) is 0 Å². The number of anilines is 1. The molecule has 1 heterocycles. The molecule has 2 atom stereocenters. The Bertz CT molecular complexity index is 871. The van der Waals surface area contributed by atoms with Crippen LogP contribution in [0, 0.1) is 11.8 Å². The molecule has 1 fully saturated rings. The average molecular weight is 337 g/mol. The molecule has 1 saturated carbocycles. The van der Waals surface area contributed by atoms with E-state index in [1.807, 2.05) is 24.3 Å². The number of nitrogens with zero attached hydrogens (tertiary/aromatic N) is 1. The molecule has 4 rings (SSSR count). The molecule has 5 nitrogen and oxygen atoms in total. The van der Waals surface area contributed by atoms with Crippen LogP contribution in [0.5, 0.6) is 0 Å². The highest BCUT2D eigenvalue weighted by Gasteiger charge is 2.39. The first-order valence-corrected chi connectivity index (χ1v) is 9.11. The number of fused-ring (bicyclic) bond motifs is 1. The lowest BCUT2D eigenvalue weighted by molar-refractivity contribution is -0.117. The van der Waals surface area contributed by atoms with Gasteiger partial charge in [-0.2, -0.15) is 5.10 Å². The van der Waals surface area contributed by atoms with Gasteiger partial charge in [-0.3, -0.25) is 9.59 Å². The third kappa shape index (κ3) is 3.36. The largest absolute Gasteiger partial charge is 0.326 e. The van der Waals surface area contributed by atoms with Crippen LogP contribution >= 0.6 is 0 Å². The minimum absolute atomic E-state index is 0.0435. The molecule has 130 valence electrons. The summed E-state index contributed by atoms with van der Waals surface area (Å²) in [5.74, 6) is 0.779. The van der Waals surface area contributed by atoms with E-state index in [2.05, 4.69) is 22.4 Å². The second-order valence-electron chi connectivity index (χ2n) is 7.35. The van der Waals surface area contributed by atoms with Crippen LogP contribution < -0.4 is 10.9 Å². The van der Waals surface area contributed by atoms with E-state index < -0.39 is 0 Å². The molecule has 0 radical (unpaired) electrons. The van der Waals surface area contributed by atoms with Gasteiger partial charge in [0.25, 0.3) is 5.56 Å². The molecule has 2 N–H and O–H groups in total. The maximum atomic E-state index is 12.1. The SMILES string of the molecule is CC1CC1C(=O)Nc1cccc(Cc2n[nH]c(=O)c3c2CCCC3)c1. The Kier molecular flexibility index (Phi) is 4.15. The van der Waals surface area contributed by atoms with E-state index in [-0.39, 0.29) is 17.4 Å². The molecule has 2 aliphatic rings. The maximum Gasteiger partial charge on any atom is 0.267 e. The highest BCUT2D eigenvalue weighted by atomic mass is 16.2. The number of nitrogens with one attached hydrogen (secondary N) is 2. The van der Waals surface area contributed by atoms with Gasteiger partial charge in [0.2, 0.25) is 5.91 Å².